The molecule has 1 atom stereocenters. The summed E-state index contributed by atoms with van der Waals surface area (Å²) in [5.41, 5.74) is 1.33. The number of aryl methyl sites for hydroxylation is 1. The number of methoxy groups -OCH3 is 1. The second kappa shape index (κ2) is 7.04. The number of hydrogen-bond donors (Lipinski definition) is 1. The Morgan fingerprint density at radius 1 is 1.43 bits per heavy atom. The molecular weight excluding hydrogens is 290 g/mol. The first-order valence-electron chi connectivity index (χ1n) is 7.12. The average molecular weight is 311 g/mol. The zero-order chi connectivity index (χ0) is 15.4. The molecule has 1 aliphatic heterocycles. The molecule has 1 N–H and O–H groups in total. The molecule has 1 fully saturated rings. The molecule has 0 aliphatic carbocycles. The quantitative estimate of drug-likeness (QED) is 0.849. The van der Waals surface area contributed by atoms with Crippen LogP contribution in [0.5, 0.6) is 0 Å². The van der Waals surface area contributed by atoms with Crippen LogP contribution in [0.1, 0.15) is 46.5 Å². The van der Waals surface area contributed by atoms with Crippen LogP contribution in [0.2, 0.25) is 0 Å². The van der Waals surface area contributed by atoms with Crippen molar-refractivity contribution in [2.45, 2.75) is 45.6 Å². The average Bonchev–Trinajstić information content (AvgIpc) is 3.06. The predicted octanol–water partition coefficient (Wildman–Crippen LogP) is 3.05. The predicted molar refractivity (Wildman–Crippen MR) is 82.0 cm³/mol. The van der Waals surface area contributed by atoms with E-state index < -0.39 is 5.97 Å². The number of amides is 1. The summed E-state index contributed by atoms with van der Waals surface area (Å²) >= 11 is 1.41. The lowest BCUT2D eigenvalue weighted by Gasteiger charge is -2.09. The van der Waals surface area contributed by atoms with Gasteiger partial charge in [-0.2, -0.15) is 0 Å². The summed E-state index contributed by atoms with van der Waals surface area (Å²) in [5.74, 6) is -0.497. The van der Waals surface area contributed by atoms with E-state index >= 15 is 0 Å². The molecule has 0 radical (unpaired) electrons. The van der Waals surface area contributed by atoms with E-state index in [0.29, 0.717) is 17.0 Å². The molecule has 2 heterocycles. The highest BCUT2D eigenvalue weighted by molar-refractivity contribution is 7.16. The highest BCUT2D eigenvalue weighted by Gasteiger charge is 2.22. The number of nitrogens with one attached hydrogen (secondary N) is 1. The monoisotopic (exact) mass is 311 g/mol. The van der Waals surface area contributed by atoms with Gasteiger partial charge in [-0.15, -0.1) is 11.3 Å². The highest BCUT2D eigenvalue weighted by atomic mass is 32.1. The summed E-state index contributed by atoms with van der Waals surface area (Å²) in [4.78, 5) is 24.9. The molecule has 2 rings (SSSR count). The molecule has 1 amide bonds. The Balaban J connectivity index is 1.99. The lowest BCUT2D eigenvalue weighted by molar-refractivity contribution is -0.116. The van der Waals surface area contributed by atoms with Gasteiger partial charge in [0.25, 0.3) is 0 Å². The Bertz CT molecular complexity index is 532. The van der Waals surface area contributed by atoms with Crippen molar-refractivity contribution in [2.24, 2.45) is 0 Å². The Morgan fingerprint density at radius 2 is 2.19 bits per heavy atom. The third kappa shape index (κ3) is 3.83. The number of hydrogen-bond acceptors (Lipinski definition) is 5. The Labute approximate surface area is 128 Å². The van der Waals surface area contributed by atoms with Gasteiger partial charge in [0.2, 0.25) is 5.91 Å². The van der Waals surface area contributed by atoms with Crippen molar-refractivity contribution < 1.29 is 19.1 Å². The van der Waals surface area contributed by atoms with Crippen molar-refractivity contribution >= 4 is 28.2 Å². The van der Waals surface area contributed by atoms with Crippen LogP contribution in [-0.2, 0) is 14.3 Å². The lowest BCUT2D eigenvalue weighted by Crippen LogP contribution is -2.16. The van der Waals surface area contributed by atoms with Crippen LogP contribution in [-0.4, -0.2) is 31.7 Å². The molecule has 1 aromatic rings. The van der Waals surface area contributed by atoms with Crippen LogP contribution >= 0.6 is 11.3 Å². The molecule has 1 aliphatic rings. The molecule has 1 unspecified atom stereocenters. The second-order valence-electron chi connectivity index (χ2n) is 5.20. The maximum atomic E-state index is 12.0. The number of esters is 1. The summed E-state index contributed by atoms with van der Waals surface area (Å²) in [7, 11) is 1.35. The van der Waals surface area contributed by atoms with Gasteiger partial charge >= 0.3 is 5.97 Å². The first kappa shape index (κ1) is 16.0. The minimum absolute atomic E-state index is 0.0862. The third-order valence-electron chi connectivity index (χ3n) is 3.75. The summed E-state index contributed by atoms with van der Waals surface area (Å²) < 4.78 is 10.3. The van der Waals surface area contributed by atoms with E-state index in [1.807, 2.05) is 13.8 Å². The maximum absolute atomic E-state index is 12.0. The fourth-order valence-electron chi connectivity index (χ4n) is 2.42. The molecule has 21 heavy (non-hydrogen) atoms. The number of thiophene rings is 1. The number of carbonyl (C=O) groups excluding carboxylic acids is 2. The van der Waals surface area contributed by atoms with Crippen LogP contribution < -0.4 is 5.32 Å². The van der Waals surface area contributed by atoms with Gasteiger partial charge in [0.05, 0.1) is 18.8 Å². The van der Waals surface area contributed by atoms with Crippen molar-refractivity contribution in [2.75, 3.05) is 19.0 Å². The van der Waals surface area contributed by atoms with Crippen molar-refractivity contribution in [3.05, 3.63) is 16.0 Å². The zero-order valence-electron chi connectivity index (χ0n) is 12.7. The zero-order valence-corrected chi connectivity index (χ0v) is 13.5. The van der Waals surface area contributed by atoms with Crippen molar-refractivity contribution in [3.8, 4) is 0 Å². The first-order valence-corrected chi connectivity index (χ1v) is 7.94. The van der Waals surface area contributed by atoms with E-state index in [4.69, 9.17) is 9.47 Å². The standard InChI is InChI=1S/C15H21NO4S/c1-9-10(2)21-14(13(9)15(18)19-3)16-12(17)7-6-11-5-4-8-20-11/h11H,4-8H2,1-3H3,(H,16,17). The largest absolute Gasteiger partial charge is 0.465 e. The van der Waals surface area contributed by atoms with Crippen LogP contribution in [0.4, 0.5) is 5.00 Å². The van der Waals surface area contributed by atoms with Gasteiger partial charge in [0.1, 0.15) is 5.00 Å². The number of rotatable bonds is 5. The van der Waals surface area contributed by atoms with E-state index in [-0.39, 0.29) is 12.0 Å². The molecule has 0 bridgehead atoms. The molecule has 0 spiro atoms. The smallest absolute Gasteiger partial charge is 0.341 e. The molecule has 5 nitrogen and oxygen atoms in total. The molecule has 1 aromatic heterocycles. The van der Waals surface area contributed by atoms with E-state index in [9.17, 15) is 9.59 Å². The molecule has 0 aromatic carbocycles. The first-order chi connectivity index (χ1) is 10.0. The van der Waals surface area contributed by atoms with Crippen LogP contribution in [0.15, 0.2) is 0 Å². The number of carbonyl (C=O) groups is 2. The van der Waals surface area contributed by atoms with Gasteiger partial charge in [-0.05, 0) is 38.7 Å². The fraction of sp³-hybridized carbons (Fsp3) is 0.600. The Morgan fingerprint density at radius 3 is 2.81 bits per heavy atom. The van der Waals surface area contributed by atoms with Gasteiger partial charge in [-0.1, -0.05) is 0 Å². The minimum atomic E-state index is -0.411. The van der Waals surface area contributed by atoms with Crippen molar-refractivity contribution in [1.82, 2.24) is 0 Å². The molecule has 6 heteroatoms. The molecular formula is C15H21NO4S. The van der Waals surface area contributed by atoms with Crippen molar-refractivity contribution in [3.63, 3.8) is 0 Å². The van der Waals surface area contributed by atoms with Crippen LogP contribution in [0, 0.1) is 13.8 Å². The maximum Gasteiger partial charge on any atom is 0.341 e. The Kier molecular flexibility index (Phi) is 5.36. The van der Waals surface area contributed by atoms with Crippen LogP contribution in [0.3, 0.4) is 0 Å². The van der Waals surface area contributed by atoms with E-state index in [2.05, 4.69) is 5.32 Å². The van der Waals surface area contributed by atoms with E-state index in [1.165, 1.54) is 18.4 Å². The van der Waals surface area contributed by atoms with Gasteiger partial charge in [0.15, 0.2) is 0 Å². The van der Waals surface area contributed by atoms with Gasteiger partial charge in [-0.3, -0.25) is 4.79 Å². The van der Waals surface area contributed by atoms with Gasteiger partial charge in [-0.25, -0.2) is 4.79 Å². The Hall–Kier alpha value is -1.40. The highest BCUT2D eigenvalue weighted by Crippen LogP contribution is 2.33. The summed E-state index contributed by atoms with van der Waals surface area (Å²) in [6, 6.07) is 0. The summed E-state index contributed by atoms with van der Waals surface area (Å²) in [5, 5.41) is 3.41. The number of anilines is 1. The van der Waals surface area contributed by atoms with E-state index in [0.717, 1.165) is 36.3 Å². The van der Waals surface area contributed by atoms with Gasteiger partial charge in [0, 0.05) is 17.9 Å². The second-order valence-corrected chi connectivity index (χ2v) is 6.43. The number of ether oxygens (including phenoxy) is 2. The SMILES string of the molecule is COC(=O)c1c(NC(=O)CCC2CCCO2)sc(C)c1C. The molecule has 116 valence electrons. The van der Waals surface area contributed by atoms with Gasteiger partial charge < -0.3 is 14.8 Å². The molecule has 0 saturated carbocycles. The fourth-order valence-corrected chi connectivity index (χ4v) is 3.48. The molecule has 1 saturated heterocycles. The lowest BCUT2D eigenvalue weighted by atomic mass is 10.1. The summed E-state index contributed by atoms with van der Waals surface area (Å²) in [6.45, 7) is 4.58. The van der Waals surface area contributed by atoms with E-state index in [1.54, 1.807) is 0 Å². The summed E-state index contributed by atoms with van der Waals surface area (Å²) in [6.07, 6.45) is 3.42. The minimum Gasteiger partial charge on any atom is -0.465 e. The normalized spacial score (nSPS) is 17.8. The van der Waals surface area contributed by atoms with Crippen LogP contribution in [0.25, 0.3) is 0 Å². The topological polar surface area (TPSA) is 64.6 Å². The van der Waals surface area contributed by atoms with Crippen molar-refractivity contribution in [1.29, 1.82) is 0 Å². The third-order valence-corrected chi connectivity index (χ3v) is 4.87.